The molecule has 0 radical (unpaired) electrons. The number of hydrogen-bond acceptors (Lipinski definition) is 3. The zero-order chi connectivity index (χ0) is 14.7. The van der Waals surface area contributed by atoms with Crippen molar-refractivity contribution in [2.75, 3.05) is 24.5 Å². The molecule has 1 aromatic heterocycles. The largest absolute Gasteiger partial charge is 0.356 e. The fraction of sp³-hybridized carbons (Fsp3) is 0.812. The second-order valence-electron chi connectivity index (χ2n) is 6.43. The van der Waals surface area contributed by atoms with E-state index in [1.165, 1.54) is 43.0 Å². The molecule has 1 saturated heterocycles. The Morgan fingerprint density at radius 2 is 2.15 bits per heavy atom. The van der Waals surface area contributed by atoms with E-state index in [4.69, 9.17) is 0 Å². The Morgan fingerprint density at radius 1 is 1.40 bits per heavy atom. The summed E-state index contributed by atoms with van der Waals surface area (Å²) in [5.74, 6) is 2.92. The molecule has 0 aromatic carbocycles. The number of rotatable bonds is 6. The third-order valence-corrected chi connectivity index (χ3v) is 4.51. The predicted octanol–water partition coefficient (Wildman–Crippen LogP) is 2.71. The minimum absolute atomic E-state index is 0.774. The van der Waals surface area contributed by atoms with Gasteiger partial charge < -0.3 is 10.2 Å². The van der Waals surface area contributed by atoms with Gasteiger partial charge in [-0.2, -0.15) is 5.10 Å². The van der Waals surface area contributed by atoms with E-state index in [0.717, 1.165) is 24.9 Å². The molecular formula is C16H30N4. The van der Waals surface area contributed by atoms with E-state index < -0.39 is 0 Å². The number of anilines is 1. The van der Waals surface area contributed by atoms with Gasteiger partial charge in [0.2, 0.25) is 0 Å². The Labute approximate surface area is 123 Å². The summed E-state index contributed by atoms with van der Waals surface area (Å²) in [6.45, 7) is 13.4. The monoisotopic (exact) mass is 278 g/mol. The third-order valence-electron chi connectivity index (χ3n) is 4.51. The van der Waals surface area contributed by atoms with Crippen LogP contribution in [0.4, 0.5) is 5.82 Å². The molecule has 2 rings (SSSR count). The second kappa shape index (κ2) is 6.61. The molecule has 0 saturated carbocycles. The minimum Gasteiger partial charge on any atom is -0.356 e. The molecule has 0 amide bonds. The van der Waals surface area contributed by atoms with Gasteiger partial charge in [-0.05, 0) is 38.1 Å². The lowest BCUT2D eigenvalue weighted by Crippen LogP contribution is -2.26. The first-order chi connectivity index (χ1) is 9.54. The van der Waals surface area contributed by atoms with Crippen molar-refractivity contribution < 1.29 is 0 Å². The molecule has 1 aromatic rings. The first-order valence-electron chi connectivity index (χ1n) is 8.02. The maximum Gasteiger partial charge on any atom is 0.131 e. The van der Waals surface area contributed by atoms with E-state index in [0.29, 0.717) is 0 Å². The molecule has 0 bridgehead atoms. The summed E-state index contributed by atoms with van der Waals surface area (Å²) >= 11 is 0. The van der Waals surface area contributed by atoms with Crippen LogP contribution in [0, 0.1) is 18.8 Å². The average Bonchev–Trinajstić information content (AvgIpc) is 2.95. The summed E-state index contributed by atoms with van der Waals surface area (Å²) < 4.78 is 2.07. The highest BCUT2D eigenvalue weighted by molar-refractivity contribution is 5.51. The highest BCUT2D eigenvalue weighted by atomic mass is 15.4. The van der Waals surface area contributed by atoms with Gasteiger partial charge in [0, 0.05) is 32.2 Å². The Bertz CT molecular complexity index is 436. The lowest BCUT2D eigenvalue weighted by atomic mass is 9.95. The Hall–Kier alpha value is -1.03. The van der Waals surface area contributed by atoms with Gasteiger partial charge in [0.05, 0.1) is 5.69 Å². The zero-order valence-electron chi connectivity index (χ0n) is 13.7. The van der Waals surface area contributed by atoms with Gasteiger partial charge in [0.15, 0.2) is 0 Å². The standard InChI is InChI=1S/C16H30N4/c1-6-8-17-10-15-13(4)18-19(5)16(15)20-9-7-14(11-20)12(2)3/h12,14,17H,6-11H2,1-5H3. The highest BCUT2D eigenvalue weighted by Crippen LogP contribution is 2.31. The van der Waals surface area contributed by atoms with Crippen molar-refractivity contribution in [1.29, 1.82) is 0 Å². The normalized spacial score (nSPS) is 19.3. The van der Waals surface area contributed by atoms with Gasteiger partial charge in [-0.25, -0.2) is 0 Å². The first-order valence-corrected chi connectivity index (χ1v) is 8.02. The van der Waals surface area contributed by atoms with E-state index in [-0.39, 0.29) is 0 Å². The quantitative estimate of drug-likeness (QED) is 0.812. The van der Waals surface area contributed by atoms with Gasteiger partial charge >= 0.3 is 0 Å². The molecule has 1 fully saturated rings. The van der Waals surface area contributed by atoms with Crippen molar-refractivity contribution in [2.24, 2.45) is 18.9 Å². The van der Waals surface area contributed by atoms with Crippen LogP contribution in [0.5, 0.6) is 0 Å². The smallest absolute Gasteiger partial charge is 0.131 e. The molecule has 114 valence electrons. The summed E-state index contributed by atoms with van der Waals surface area (Å²) in [5, 5.41) is 8.16. The molecule has 4 heteroatoms. The number of nitrogens with zero attached hydrogens (tertiary/aromatic N) is 3. The van der Waals surface area contributed by atoms with Gasteiger partial charge in [-0.15, -0.1) is 0 Å². The van der Waals surface area contributed by atoms with Crippen molar-refractivity contribution in [3.63, 3.8) is 0 Å². The summed E-state index contributed by atoms with van der Waals surface area (Å²) in [4.78, 5) is 2.54. The number of hydrogen-bond donors (Lipinski definition) is 1. The van der Waals surface area contributed by atoms with Gasteiger partial charge in [0.25, 0.3) is 0 Å². The summed E-state index contributed by atoms with van der Waals surface area (Å²) in [6, 6.07) is 0. The van der Waals surface area contributed by atoms with Crippen LogP contribution in [-0.2, 0) is 13.6 Å². The van der Waals surface area contributed by atoms with Crippen molar-refractivity contribution in [1.82, 2.24) is 15.1 Å². The first kappa shape index (κ1) is 15.4. The molecule has 20 heavy (non-hydrogen) atoms. The van der Waals surface area contributed by atoms with E-state index in [9.17, 15) is 0 Å². The minimum atomic E-state index is 0.774. The Morgan fingerprint density at radius 3 is 2.75 bits per heavy atom. The van der Waals surface area contributed by atoms with E-state index in [1.807, 2.05) is 0 Å². The number of aromatic nitrogens is 2. The van der Waals surface area contributed by atoms with Gasteiger partial charge in [-0.3, -0.25) is 4.68 Å². The van der Waals surface area contributed by atoms with E-state index in [2.05, 4.69) is 54.7 Å². The van der Waals surface area contributed by atoms with E-state index >= 15 is 0 Å². The molecule has 1 aliphatic heterocycles. The molecule has 0 aliphatic carbocycles. The second-order valence-corrected chi connectivity index (χ2v) is 6.43. The molecule has 1 atom stereocenters. The summed E-state index contributed by atoms with van der Waals surface area (Å²) in [7, 11) is 2.08. The van der Waals surface area contributed by atoms with Crippen molar-refractivity contribution in [3.05, 3.63) is 11.3 Å². The lowest BCUT2D eigenvalue weighted by Gasteiger charge is -2.22. The van der Waals surface area contributed by atoms with Crippen LogP contribution in [-0.4, -0.2) is 29.4 Å². The molecule has 0 spiro atoms. The van der Waals surface area contributed by atoms with Crippen LogP contribution in [0.1, 0.15) is 44.9 Å². The zero-order valence-corrected chi connectivity index (χ0v) is 13.7. The number of nitrogens with one attached hydrogen (secondary N) is 1. The van der Waals surface area contributed by atoms with Crippen LogP contribution in [0.3, 0.4) is 0 Å². The van der Waals surface area contributed by atoms with Crippen LogP contribution < -0.4 is 10.2 Å². The average molecular weight is 278 g/mol. The molecular weight excluding hydrogens is 248 g/mol. The molecule has 4 nitrogen and oxygen atoms in total. The SMILES string of the molecule is CCCNCc1c(C)nn(C)c1N1CCC(C(C)C)C1. The summed E-state index contributed by atoms with van der Waals surface area (Å²) in [6.07, 6.45) is 2.48. The lowest BCUT2D eigenvalue weighted by molar-refractivity contribution is 0.422. The van der Waals surface area contributed by atoms with Crippen molar-refractivity contribution in [2.45, 2.75) is 47.1 Å². The number of aryl methyl sites for hydroxylation is 2. The van der Waals surface area contributed by atoms with Crippen LogP contribution >= 0.6 is 0 Å². The maximum atomic E-state index is 4.64. The molecule has 1 aliphatic rings. The third kappa shape index (κ3) is 3.17. The molecule has 1 N–H and O–H groups in total. The van der Waals surface area contributed by atoms with Gasteiger partial charge in [-0.1, -0.05) is 20.8 Å². The topological polar surface area (TPSA) is 33.1 Å². The highest BCUT2D eigenvalue weighted by Gasteiger charge is 2.28. The molecule has 2 heterocycles. The fourth-order valence-corrected chi connectivity index (χ4v) is 3.21. The van der Waals surface area contributed by atoms with Crippen LogP contribution in [0.15, 0.2) is 0 Å². The van der Waals surface area contributed by atoms with Gasteiger partial charge in [0.1, 0.15) is 5.82 Å². The van der Waals surface area contributed by atoms with E-state index in [1.54, 1.807) is 0 Å². The van der Waals surface area contributed by atoms with Crippen molar-refractivity contribution >= 4 is 5.82 Å². The van der Waals surface area contributed by atoms with Crippen LogP contribution in [0.25, 0.3) is 0 Å². The Balaban J connectivity index is 2.14. The van der Waals surface area contributed by atoms with Crippen LogP contribution in [0.2, 0.25) is 0 Å². The fourth-order valence-electron chi connectivity index (χ4n) is 3.21. The molecule has 1 unspecified atom stereocenters. The Kier molecular flexibility index (Phi) is 5.08. The summed E-state index contributed by atoms with van der Waals surface area (Å²) in [5.41, 5.74) is 2.55. The van der Waals surface area contributed by atoms with Crippen molar-refractivity contribution in [3.8, 4) is 0 Å². The maximum absolute atomic E-state index is 4.64. The predicted molar refractivity (Wildman–Crippen MR) is 85.1 cm³/mol.